The molecule has 25 heavy (non-hydrogen) atoms. The highest BCUT2D eigenvalue weighted by Gasteiger charge is 2.25. The molecular weight excluding hydrogens is 334 g/mol. The summed E-state index contributed by atoms with van der Waals surface area (Å²) < 4.78 is 3.03. The highest BCUT2D eigenvalue weighted by molar-refractivity contribution is 7.22. The minimum absolute atomic E-state index is 0.0170. The maximum absolute atomic E-state index is 12.6. The lowest BCUT2D eigenvalue weighted by Crippen LogP contribution is -2.48. The van der Waals surface area contributed by atoms with Crippen LogP contribution in [0.5, 0.6) is 0 Å². The van der Waals surface area contributed by atoms with Gasteiger partial charge in [0.25, 0.3) is 5.91 Å². The molecule has 0 spiro atoms. The molecule has 3 aromatic rings. The number of piperazine rings is 1. The van der Waals surface area contributed by atoms with Crippen LogP contribution >= 0.6 is 11.3 Å². The highest BCUT2D eigenvalue weighted by atomic mass is 32.1. The molecule has 1 fully saturated rings. The van der Waals surface area contributed by atoms with E-state index in [0.29, 0.717) is 18.8 Å². The molecular formula is C18H21N5OS. The molecule has 1 saturated heterocycles. The average Bonchev–Trinajstić information content (AvgIpc) is 3.28. The Balaban J connectivity index is 1.42. The summed E-state index contributed by atoms with van der Waals surface area (Å²) in [5, 5.41) is 5.43. The summed E-state index contributed by atoms with van der Waals surface area (Å²) in [6.07, 6.45) is 1.87. The van der Waals surface area contributed by atoms with Gasteiger partial charge in [-0.3, -0.25) is 9.48 Å². The largest absolute Gasteiger partial charge is 0.345 e. The molecule has 1 aliphatic rings. The second-order valence-electron chi connectivity index (χ2n) is 6.52. The molecule has 7 heteroatoms. The second kappa shape index (κ2) is 6.48. The number of carbonyl (C=O) groups is 1. The normalized spacial score (nSPS) is 15.3. The minimum Gasteiger partial charge on any atom is -0.345 e. The lowest BCUT2D eigenvalue weighted by Gasteiger charge is -2.34. The van der Waals surface area contributed by atoms with Crippen LogP contribution in [-0.2, 0) is 0 Å². The van der Waals surface area contributed by atoms with E-state index in [4.69, 9.17) is 4.98 Å². The van der Waals surface area contributed by atoms with Crippen molar-refractivity contribution < 1.29 is 4.79 Å². The van der Waals surface area contributed by atoms with Crippen LogP contribution in [0.3, 0.4) is 0 Å². The Hall–Kier alpha value is -2.41. The van der Waals surface area contributed by atoms with E-state index < -0.39 is 0 Å². The molecule has 1 aromatic carbocycles. The molecule has 0 atom stereocenters. The Labute approximate surface area is 150 Å². The maximum atomic E-state index is 12.6. The molecule has 0 unspecified atom stereocenters. The number of hydrogen-bond acceptors (Lipinski definition) is 5. The molecule has 0 radical (unpaired) electrons. The van der Waals surface area contributed by atoms with Crippen LogP contribution in [0.15, 0.2) is 36.5 Å². The van der Waals surface area contributed by atoms with Crippen LogP contribution in [-0.4, -0.2) is 51.8 Å². The van der Waals surface area contributed by atoms with Crippen LogP contribution in [0.1, 0.15) is 30.4 Å². The number of fused-ring (bicyclic) bond motifs is 1. The maximum Gasteiger partial charge on any atom is 0.274 e. The van der Waals surface area contributed by atoms with E-state index in [-0.39, 0.29) is 11.9 Å². The molecule has 2 aromatic heterocycles. The number of aromatic nitrogens is 3. The van der Waals surface area contributed by atoms with Gasteiger partial charge in [0, 0.05) is 38.4 Å². The quantitative estimate of drug-likeness (QED) is 0.725. The molecule has 0 saturated carbocycles. The summed E-state index contributed by atoms with van der Waals surface area (Å²) in [4.78, 5) is 21.5. The molecule has 1 aliphatic heterocycles. The van der Waals surface area contributed by atoms with E-state index in [2.05, 4.69) is 29.9 Å². The third-order valence-electron chi connectivity index (χ3n) is 4.48. The smallest absolute Gasteiger partial charge is 0.274 e. The first kappa shape index (κ1) is 16.1. The summed E-state index contributed by atoms with van der Waals surface area (Å²) in [7, 11) is 0. The molecule has 130 valence electrons. The standard InChI is InChI=1S/C18H21N5OS/c1-13(2)23-8-7-15(20-23)17(24)21-9-11-22(12-10-21)18-19-14-5-3-4-6-16(14)25-18/h3-8,13H,9-12H2,1-2H3. The third-order valence-corrected chi connectivity index (χ3v) is 5.57. The number of rotatable bonds is 3. The lowest BCUT2D eigenvalue weighted by atomic mass is 10.3. The number of anilines is 1. The van der Waals surface area contributed by atoms with Gasteiger partial charge >= 0.3 is 0 Å². The van der Waals surface area contributed by atoms with Crippen molar-refractivity contribution in [3.63, 3.8) is 0 Å². The van der Waals surface area contributed by atoms with Gasteiger partial charge in [0.15, 0.2) is 5.13 Å². The van der Waals surface area contributed by atoms with Crippen LogP contribution in [0.2, 0.25) is 0 Å². The van der Waals surface area contributed by atoms with Crippen molar-refractivity contribution >= 4 is 32.6 Å². The van der Waals surface area contributed by atoms with Crippen molar-refractivity contribution in [1.82, 2.24) is 19.7 Å². The zero-order valence-corrected chi connectivity index (χ0v) is 15.2. The van der Waals surface area contributed by atoms with E-state index in [9.17, 15) is 4.79 Å². The van der Waals surface area contributed by atoms with Gasteiger partial charge in [0.2, 0.25) is 0 Å². The fourth-order valence-electron chi connectivity index (χ4n) is 3.00. The first-order valence-electron chi connectivity index (χ1n) is 8.57. The fourth-order valence-corrected chi connectivity index (χ4v) is 4.02. The van der Waals surface area contributed by atoms with Crippen LogP contribution in [0.25, 0.3) is 10.2 Å². The Morgan fingerprint density at radius 1 is 1.12 bits per heavy atom. The molecule has 6 nitrogen and oxygen atoms in total. The molecule has 1 amide bonds. The van der Waals surface area contributed by atoms with E-state index in [1.165, 1.54) is 4.70 Å². The second-order valence-corrected chi connectivity index (χ2v) is 7.53. The molecule has 0 aliphatic carbocycles. The Morgan fingerprint density at radius 2 is 1.88 bits per heavy atom. The van der Waals surface area contributed by atoms with Gasteiger partial charge in [0.05, 0.1) is 10.2 Å². The zero-order chi connectivity index (χ0) is 17.4. The predicted octanol–water partition coefficient (Wildman–Crippen LogP) is 3.04. The van der Waals surface area contributed by atoms with Gasteiger partial charge in [-0.2, -0.15) is 5.10 Å². The fraction of sp³-hybridized carbons (Fsp3) is 0.389. The number of nitrogens with zero attached hydrogens (tertiary/aromatic N) is 5. The van der Waals surface area contributed by atoms with Gasteiger partial charge in [0.1, 0.15) is 5.69 Å². The Kier molecular flexibility index (Phi) is 4.17. The van der Waals surface area contributed by atoms with Crippen molar-refractivity contribution in [3.8, 4) is 0 Å². The van der Waals surface area contributed by atoms with Crippen molar-refractivity contribution in [2.75, 3.05) is 31.1 Å². The SMILES string of the molecule is CC(C)n1ccc(C(=O)N2CCN(c3nc4ccccc4s3)CC2)n1. The van der Waals surface area contributed by atoms with Gasteiger partial charge in [-0.05, 0) is 32.0 Å². The van der Waals surface area contributed by atoms with Crippen LogP contribution in [0, 0.1) is 0 Å². The zero-order valence-electron chi connectivity index (χ0n) is 14.4. The number of benzene rings is 1. The number of carbonyl (C=O) groups excluding carboxylic acids is 1. The first-order valence-corrected chi connectivity index (χ1v) is 9.38. The minimum atomic E-state index is 0.0170. The van der Waals surface area contributed by atoms with Crippen molar-refractivity contribution in [2.45, 2.75) is 19.9 Å². The Morgan fingerprint density at radius 3 is 2.56 bits per heavy atom. The van der Waals surface area contributed by atoms with Crippen molar-refractivity contribution in [1.29, 1.82) is 0 Å². The van der Waals surface area contributed by atoms with E-state index in [1.807, 2.05) is 40.0 Å². The highest BCUT2D eigenvalue weighted by Crippen LogP contribution is 2.29. The topological polar surface area (TPSA) is 54.3 Å². The number of para-hydroxylation sites is 1. The number of thiazole rings is 1. The summed E-state index contributed by atoms with van der Waals surface area (Å²) in [5.41, 5.74) is 1.57. The monoisotopic (exact) mass is 355 g/mol. The van der Waals surface area contributed by atoms with E-state index >= 15 is 0 Å². The van der Waals surface area contributed by atoms with Crippen LogP contribution < -0.4 is 4.90 Å². The summed E-state index contributed by atoms with van der Waals surface area (Å²) in [6, 6.07) is 10.3. The van der Waals surface area contributed by atoms with E-state index in [1.54, 1.807) is 11.3 Å². The Bertz CT molecular complexity index is 859. The first-order chi connectivity index (χ1) is 12.1. The summed E-state index contributed by atoms with van der Waals surface area (Å²) in [6.45, 7) is 7.11. The van der Waals surface area contributed by atoms with E-state index in [0.717, 1.165) is 23.7 Å². The van der Waals surface area contributed by atoms with Gasteiger partial charge in [-0.15, -0.1) is 0 Å². The number of hydrogen-bond donors (Lipinski definition) is 0. The predicted molar refractivity (Wildman–Crippen MR) is 100 cm³/mol. The summed E-state index contributed by atoms with van der Waals surface area (Å²) >= 11 is 1.71. The van der Waals surface area contributed by atoms with Crippen molar-refractivity contribution in [3.05, 3.63) is 42.2 Å². The van der Waals surface area contributed by atoms with Crippen LogP contribution in [0.4, 0.5) is 5.13 Å². The molecule has 3 heterocycles. The molecule has 4 rings (SSSR count). The number of amides is 1. The average molecular weight is 355 g/mol. The van der Waals surface area contributed by atoms with Gasteiger partial charge in [-0.25, -0.2) is 4.98 Å². The summed E-state index contributed by atoms with van der Waals surface area (Å²) in [5.74, 6) is 0.0170. The van der Waals surface area contributed by atoms with Gasteiger partial charge in [-0.1, -0.05) is 23.5 Å². The van der Waals surface area contributed by atoms with Crippen molar-refractivity contribution in [2.24, 2.45) is 0 Å². The molecule has 0 bridgehead atoms. The third kappa shape index (κ3) is 3.11. The molecule has 0 N–H and O–H groups in total. The van der Waals surface area contributed by atoms with Gasteiger partial charge < -0.3 is 9.80 Å². The lowest BCUT2D eigenvalue weighted by molar-refractivity contribution is 0.0739.